The zero-order chi connectivity index (χ0) is 13.8. The van der Waals surface area contributed by atoms with Crippen LogP contribution in [0.5, 0.6) is 0 Å². The predicted octanol–water partition coefficient (Wildman–Crippen LogP) is 3.69. The normalized spacial score (nSPS) is 11.4. The molecular formula is C11H10BrF3INO. The summed E-state index contributed by atoms with van der Waals surface area (Å²) in [5, 5.41) is 0.304. The Hall–Kier alpha value is -0.310. The van der Waals surface area contributed by atoms with Crippen LogP contribution >= 0.6 is 38.5 Å². The van der Waals surface area contributed by atoms with E-state index >= 15 is 0 Å². The lowest BCUT2D eigenvalue weighted by atomic mass is 10.2. The molecule has 7 heteroatoms. The molecule has 0 radical (unpaired) electrons. The second-order valence-electron chi connectivity index (χ2n) is 3.54. The molecule has 1 aromatic rings. The van der Waals surface area contributed by atoms with Gasteiger partial charge in [-0.05, 0) is 40.8 Å². The maximum absolute atomic E-state index is 12.4. The van der Waals surface area contributed by atoms with Crippen molar-refractivity contribution in [3.05, 3.63) is 33.4 Å². The fourth-order valence-electron chi connectivity index (χ4n) is 1.37. The van der Waals surface area contributed by atoms with Gasteiger partial charge in [0, 0.05) is 21.0 Å². The van der Waals surface area contributed by atoms with Crippen molar-refractivity contribution in [1.29, 1.82) is 0 Å². The molecule has 2 nitrogen and oxygen atoms in total. The highest BCUT2D eigenvalue weighted by molar-refractivity contribution is 14.1. The molecule has 0 atom stereocenters. The lowest BCUT2D eigenvalue weighted by molar-refractivity contribution is -0.140. The van der Waals surface area contributed by atoms with Crippen LogP contribution in [0.25, 0.3) is 0 Å². The third-order valence-electron chi connectivity index (χ3n) is 2.08. The Bertz CT molecular complexity index is 425. The number of hydrogen-bond acceptors (Lipinski definition) is 1. The van der Waals surface area contributed by atoms with Gasteiger partial charge in [0.15, 0.2) is 0 Å². The van der Waals surface area contributed by atoms with E-state index in [1.54, 1.807) is 18.2 Å². The van der Waals surface area contributed by atoms with Crippen molar-refractivity contribution < 1.29 is 18.0 Å². The summed E-state index contributed by atoms with van der Waals surface area (Å²) in [6.45, 7) is -1.22. The van der Waals surface area contributed by atoms with Gasteiger partial charge in [-0.2, -0.15) is 13.2 Å². The Kier molecular flexibility index (Phi) is 5.90. The van der Waals surface area contributed by atoms with E-state index in [-0.39, 0.29) is 12.1 Å². The summed E-state index contributed by atoms with van der Waals surface area (Å²) in [5.41, 5.74) is 0.270. The number of rotatable bonds is 4. The average Bonchev–Trinajstić information content (AvgIpc) is 2.26. The van der Waals surface area contributed by atoms with Gasteiger partial charge >= 0.3 is 6.18 Å². The zero-order valence-electron chi connectivity index (χ0n) is 9.18. The van der Waals surface area contributed by atoms with Crippen molar-refractivity contribution in [1.82, 2.24) is 4.90 Å². The molecule has 0 saturated heterocycles. The number of nitrogens with zero attached hydrogens (tertiary/aromatic N) is 1. The van der Waals surface area contributed by atoms with Crippen molar-refractivity contribution >= 4 is 44.4 Å². The van der Waals surface area contributed by atoms with Gasteiger partial charge in [0.1, 0.15) is 6.54 Å². The summed E-state index contributed by atoms with van der Waals surface area (Å²) in [4.78, 5) is 12.8. The highest BCUT2D eigenvalue weighted by Gasteiger charge is 2.33. The number of carbonyl (C=O) groups is 1. The standard InChI is InChI=1S/C11H10BrF3INO/c12-4-5-17(7-11(13,14)15)10(18)8-2-1-3-9(16)6-8/h1-3,6H,4-5,7H2. The molecule has 0 N–H and O–H groups in total. The first-order valence-electron chi connectivity index (χ1n) is 5.01. The van der Waals surface area contributed by atoms with E-state index in [0.29, 0.717) is 5.33 Å². The van der Waals surface area contributed by atoms with E-state index in [2.05, 4.69) is 15.9 Å². The summed E-state index contributed by atoms with van der Waals surface area (Å²) >= 11 is 5.06. The minimum Gasteiger partial charge on any atom is -0.329 e. The molecule has 100 valence electrons. The molecule has 0 fully saturated rings. The molecule has 0 aliphatic rings. The van der Waals surface area contributed by atoms with Crippen molar-refractivity contribution in [3.8, 4) is 0 Å². The highest BCUT2D eigenvalue weighted by atomic mass is 127. The second kappa shape index (κ2) is 6.74. The quantitative estimate of drug-likeness (QED) is 0.521. The largest absolute Gasteiger partial charge is 0.406 e. The Balaban J connectivity index is 2.89. The third kappa shape index (κ3) is 5.13. The molecule has 0 aliphatic heterocycles. The van der Waals surface area contributed by atoms with Crippen LogP contribution in [0.3, 0.4) is 0 Å². The van der Waals surface area contributed by atoms with E-state index in [0.717, 1.165) is 8.47 Å². The minimum absolute atomic E-state index is 0.0177. The monoisotopic (exact) mass is 435 g/mol. The zero-order valence-corrected chi connectivity index (χ0v) is 12.9. The predicted molar refractivity (Wildman–Crippen MR) is 74.9 cm³/mol. The molecule has 0 saturated carbocycles. The highest BCUT2D eigenvalue weighted by Crippen LogP contribution is 2.19. The number of halogens is 5. The molecule has 0 heterocycles. The van der Waals surface area contributed by atoms with Gasteiger partial charge in [-0.15, -0.1) is 0 Å². The van der Waals surface area contributed by atoms with Gasteiger partial charge in [-0.3, -0.25) is 4.79 Å². The first-order chi connectivity index (χ1) is 8.33. The lowest BCUT2D eigenvalue weighted by Crippen LogP contribution is -2.40. The van der Waals surface area contributed by atoms with Crippen molar-refractivity contribution in [3.63, 3.8) is 0 Å². The van der Waals surface area contributed by atoms with Gasteiger partial charge in [-0.1, -0.05) is 22.0 Å². The van der Waals surface area contributed by atoms with Crippen LogP contribution in [-0.4, -0.2) is 35.4 Å². The van der Waals surface area contributed by atoms with Crippen LogP contribution in [0, 0.1) is 3.57 Å². The molecule has 1 rings (SSSR count). The molecule has 0 aromatic heterocycles. The average molecular weight is 436 g/mol. The van der Waals surface area contributed by atoms with Crippen LogP contribution in [0.4, 0.5) is 13.2 Å². The Morgan fingerprint density at radius 3 is 2.56 bits per heavy atom. The number of hydrogen-bond donors (Lipinski definition) is 0. The van der Waals surface area contributed by atoms with Gasteiger partial charge in [0.2, 0.25) is 0 Å². The van der Waals surface area contributed by atoms with Gasteiger partial charge < -0.3 is 4.90 Å². The molecule has 0 bridgehead atoms. The number of alkyl halides is 4. The summed E-state index contributed by atoms with van der Waals surface area (Å²) in [6, 6.07) is 6.51. The Morgan fingerprint density at radius 1 is 1.39 bits per heavy atom. The topological polar surface area (TPSA) is 20.3 Å². The first kappa shape index (κ1) is 15.7. The summed E-state index contributed by atoms with van der Waals surface area (Å²) in [5.74, 6) is -0.606. The smallest absolute Gasteiger partial charge is 0.329 e. The van der Waals surface area contributed by atoms with E-state index < -0.39 is 18.6 Å². The molecular weight excluding hydrogens is 426 g/mol. The van der Waals surface area contributed by atoms with Crippen LogP contribution in [0.1, 0.15) is 10.4 Å². The molecule has 1 amide bonds. The molecule has 0 aliphatic carbocycles. The van der Waals surface area contributed by atoms with Crippen molar-refractivity contribution in [2.24, 2.45) is 0 Å². The van der Waals surface area contributed by atoms with E-state index in [9.17, 15) is 18.0 Å². The van der Waals surface area contributed by atoms with Crippen LogP contribution < -0.4 is 0 Å². The Morgan fingerprint density at radius 2 is 2.06 bits per heavy atom. The Labute approximate surface area is 125 Å². The van der Waals surface area contributed by atoms with Gasteiger partial charge in [0.25, 0.3) is 5.91 Å². The van der Waals surface area contributed by atoms with E-state index in [1.165, 1.54) is 6.07 Å². The van der Waals surface area contributed by atoms with E-state index in [1.807, 2.05) is 22.6 Å². The molecule has 1 aromatic carbocycles. The van der Waals surface area contributed by atoms with Crippen LogP contribution in [-0.2, 0) is 0 Å². The summed E-state index contributed by atoms with van der Waals surface area (Å²) in [6.07, 6.45) is -4.39. The maximum Gasteiger partial charge on any atom is 0.406 e. The fraction of sp³-hybridized carbons (Fsp3) is 0.364. The minimum atomic E-state index is -4.39. The van der Waals surface area contributed by atoms with E-state index in [4.69, 9.17) is 0 Å². The SMILES string of the molecule is O=C(c1cccc(I)c1)N(CCBr)CC(F)(F)F. The van der Waals surface area contributed by atoms with Crippen molar-refractivity contribution in [2.75, 3.05) is 18.4 Å². The second-order valence-corrected chi connectivity index (χ2v) is 5.58. The number of amides is 1. The maximum atomic E-state index is 12.4. The summed E-state index contributed by atoms with van der Waals surface area (Å²) in [7, 11) is 0. The first-order valence-corrected chi connectivity index (χ1v) is 7.21. The number of carbonyl (C=O) groups excluding carboxylic acids is 1. The third-order valence-corrected chi connectivity index (χ3v) is 3.11. The lowest BCUT2D eigenvalue weighted by Gasteiger charge is -2.23. The van der Waals surface area contributed by atoms with Crippen LogP contribution in [0.2, 0.25) is 0 Å². The van der Waals surface area contributed by atoms with Crippen molar-refractivity contribution in [2.45, 2.75) is 6.18 Å². The number of benzene rings is 1. The van der Waals surface area contributed by atoms with Crippen LogP contribution in [0.15, 0.2) is 24.3 Å². The molecule has 0 unspecified atom stereocenters. The summed E-state index contributed by atoms with van der Waals surface area (Å²) < 4.78 is 37.9. The molecule has 0 spiro atoms. The van der Waals surface area contributed by atoms with Gasteiger partial charge in [-0.25, -0.2) is 0 Å². The van der Waals surface area contributed by atoms with Gasteiger partial charge in [0.05, 0.1) is 0 Å². The fourth-order valence-corrected chi connectivity index (χ4v) is 2.35. The molecule has 18 heavy (non-hydrogen) atoms.